The van der Waals surface area contributed by atoms with Gasteiger partial charge in [0.15, 0.2) is 0 Å². The molecule has 0 fully saturated rings. The number of hydrogen-bond donors (Lipinski definition) is 1. The topological polar surface area (TPSA) is 51.8 Å². The molecule has 2 N–H and O–H groups in total. The normalized spacial score (nSPS) is 10.0. The van der Waals surface area contributed by atoms with E-state index in [4.69, 9.17) is 5.73 Å². The molecule has 3 rings (SSSR count). The molecule has 1 heterocycles. The average molecular weight is 258 g/mol. The van der Waals surface area contributed by atoms with Crippen molar-refractivity contribution in [3.8, 4) is 11.3 Å². The summed E-state index contributed by atoms with van der Waals surface area (Å²) in [6, 6.07) is 16.3. The van der Waals surface area contributed by atoms with Gasteiger partial charge in [0.2, 0.25) is 5.95 Å². The monoisotopic (exact) mass is 257 g/mol. The third-order valence-corrected chi connectivity index (χ3v) is 2.74. The van der Waals surface area contributed by atoms with Crippen LogP contribution >= 0.6 is 12.4 Å². The quantitative estimate of drug-likeness (QED) is 0.728. The van der Waals surface area contributed by atoms with E-state index in [-0.39, 0.29) is 12.4 Å². The third-order valence-electron chi connectivity index (χ3n) is 2.74. The van der Waals surface area contributed by atoms with Gasteiger partial charge in [0, 0.05) is 11.8 Å². The van der Waals surface area contributed by atoms with Crippen LogP contribution < -0.4 is 5.73 Å². The Morgan fingerprint density at radius 1 is 0.889 bits per heavy atom. The van der Waals surface area contributed by atoms with Crippen molar-refractivity contribution in [3.63, 3.8) is 0 Å². The van der Waals surface area contributed by atoms with Crippen LogP contribution in [0.3, 0.4) is 0 Å². The first-order valence-corrected chi connectivity index (χ1v) is 5.41. The second kappa shape index (κ2) is 5.02. The molecule has 0 amide bonds. The smallest absolute Gasteiger partial charge is 0.220 e. The third kappa shape index (κ3) is 2.13. The van der Waals surface area contributed by atoms with Crippen LogP contribution in [-0.4, -0.2) is 9.97 Å². The van der Waals surface area contributed by atoms with Crippen LogP contribution in [0, 0.1) is 0 Å². The fourth-order valence-corrected chi connectivity index (χ4v) is 1.97. The number of fused-ring (bicyclic) bond motifs is 1. The van der Waals surface area contributed by atoms with Crippen molar-refractivity contribution in [2.75, 3.05) is 5.73 Å². The number of nitrogens with two attached hydrogens (primary N) is 1. The summed E-state index contributed by atoms with van der Waals surface area (Å²) in [6.07, 6.45) is 1.68. The van der Waals surface area contributed by atoms with Crippen molar-refractivity contribution in [1.82, 2.24) is 9.97 Å². The first kappa shape index (κ1) is 12.3. The molecule has 1 aromatic heterocycles. The van der Waals surface area contributed by atoms with Gasteiger partial charge in [0.25, 0.3) is 0 Å². The molecule has 0 saturated carbocycles. The van der Waals surface area contributed by atoms with Crippen molar-refractivity contribution in [3.05, 3.63) is 54.7 Å². The van der Waals surface area contributed by atoms with E-state index in [1.54, 1.807) is 6.20 Å². The summed E-state index contributed by atoms with van der Waals surface area (Å²) in [6.45, 7) is 0. The molecule has 18 heavy (non-hydrogen) atoms. The lowest BCUT2D eigenvalue weighted by Crippen LogP contribution is -1.95. The van der Waals surface area contributed by atoms with Crippen LogP contribution in [0.2, 0.25) is 0 Å². The molecule has 0 aliphatic heterocycles. The molecule has 0 bridgehead atoms. The predicted molar refractivity (Wildman–Crippen MR) is 76.6 cm³/mol. The van der Waals surface area contributed by atoms with Gasteiger partial charge >= 0.3 is 0 Å². The second-order valence-corrected chi connectivity index (χ2v) is 3.83. The van der Waals surface area contributed by atoms with E-state index < -0.39 is 0 Å². The van der Waals surface area contributed by atoms with Gasteiger partial charge in [-0.25, -0.2) is 9.97 Å². The number of hydrogen-bond acceptors (Lipinski definition) is 3. The summed E-state index contributed by atoms with van der Waals surface area (Å²) in [4.78, 5) is 8.17. The maximum absolute atomic E-state index is 5.62. The molecule has 0 atom stereocenters. The Hall–Kier alpha value is -2.13. The van der Waals surface area contributed by atoms with Crippen LogP contribution in [0.15, 0.2) is 54.7 Å². The zero-order chi connectivity index (χ0) is 11.7. The molecular weight excluding hydrogens is 246 g/mol. The van der Waals surface area contributed by atoms with Crippen LogP contribution in [-0.2, 0) is 0 Å². The molecule has 4 heteroatoms. The average Bonchev–Trinajstić information content (AvgIpc) is 2.38. The predicted octanol–water partition coefficient (Wildman–Crippen LogP) is 3.30. The molecule has 0 spiro atoms. The number of anilines is 1. The van der Waals surface area contributed by atoms with Gasteiger partial charge in [0.05, 0.1) is 5.69 Å². The van der Waals surface area contributed by atoms with Crippen molar-refractivity contribution < 1.29 is 0 Å². The fraction of sp³-hybridized carbons (Fsp3) is 0. The van der Waals surface area contributed by atoms with Gasteiger partial charge in [-0.15, -0.1) is 12.4 Å². The van der Waals surface area contributed by atoms with E-state index in [0.29, 0.717) is 5.95 Å². The number of aromatic nitrogens is 2. The van der Waals surface area contributed by atoms with Crippen molar-refractivity contribution >= 4 is 29.1 Å². The van der Waals surface area contributed by atoms with Crippen molar-refractivity contribution in [2.45, 2.75) is 0 Å². The van der Waals surface area contributed by atoms with Crippen LogP contribution in [0.5, 0.6) is 0 Å². The Morgan fingerprint density at radius 3 is 2.50 bits per heavy atom. The van der Waals surface area contributed by atoms with Gasteiger partial charge in [-0.3, -0.25) is 0 Å². The number of benzene rings is 2. The van der Waals surface area contributed by atoms with Gasteiger partial charge in [-0.2, -0.15) is 0 Å². The first-order chi connectivity index (χ1) is 8.34. The molecule has 3 aromatic rings. The summed E-state index contributed by atoms with van der Waals surface area (Å²) in [5.41, 5.74) is 7.55. The van der Waals surface area contributed by atoms with E-state index >= 15 is 0 Å². The molecule has 0 aliphatic carbocycles. The maximum atomic E-state index is 5.62. The standard InChI is InChI=1S/C14H11N3.ClH/c15-14-16-9-8-13(17-14)12-7-3-5-10-4-1-2-6-11(10)12;/h1-9H,(H2,15,16,17);1H. The van der Waals surface area contributed by atoms with Gasteiger partial charge in [-0.05, 0) is 16.8 Å². The first-order valence-electron chi connectivity index (χ1n) is 5.41. The highest BCUT2D eigenvalue weighted by Crippen LogP contribution is 2.26. The Kier molecular flexibility index (Phi) is 3.44. The number of rotatable bonds is 1. The molecule has 90 valence electrons. The summed E-state index contributed by atoms with van der Waals surface area (Å²) in [7, 11) is 0. The van der Waals surface area contributed by atoms with E-state index in [2.05, 4.69) is 28.2 Å². The van der Waals surface area contributed by atoms with Crippen LogP contribution in [0.4, 0.5) is 5.95 Å². The lowest BCUT2D eigenvalue weighted by atomic mass is 10.0. The number of nitrogens with zero attached hydrogens (tertiary/aromatic N) is 2. The molecule has 0 aliphatic rings. The fourth-order valence-electron chi connectivity index (χ4n) is 1.97. The van der Waals surface area contributed by atoms with Gasteiger partial charge in [0.1, 0.15) is 0 Å². The summed E-state index contributed by atoms with van der Waals surface area (Å²) >= 11 is 0. The highest BCUT2D eigenvalue weighted by atomic mass is 35.5. The minimum absolute atomic E-state index is 0. The van der Waals surface area contributed by atoms with Crippen molar-refractivity contribution in [2.24, 2.45) is 0 Å². The lowest BCUT2D eigenvalue weighted by Gasteiger charge is -2.05. The molecular formula is C14H12ClN3. The van der Waals surface area contributed by atoms with Gasteiger partial charge in [-0.1, -0.05) is 42.5 Å². The highest BCUT2D eigenvalue weighted by molar-refractivity contribution is 5.95. The second-order valence-electron chi connectivity index (χ2n) is 3.83. The van der Waals surface area contributed by atoms with E-state index in [0.717, 1.165) is 11.3 Å². The Bertz CT molecular complexity index is 677. The molecule has 0 unspecified atom stereocenters. The Balaban J connectivity index is 0.00000120. The summed E-state index contributed by atoms with van der Waals surface area (Å²) in [5.74, 6) is 0.301. The Morgan fingerprint density at radius 2 is 1.67 bits per heavy atom. The van der Waals surface area contributed by atoms with Gasteiger partial charge < -0.3 is 5.73 Å². The number of halogens is 1. The van der Waals surface area contributed by atoms with E-state index in [1.165, 1.54) is 10.8 Å². The number of nitrogen functional groups attached to an aromatic ring is 1. The minimum Gasteiger partial charge on any atom is -0.368 e. The van der Waals surface area contributed by atoms with E-state index in [1.807, 2.05) is 30.3 Å². The van der Waals surface area contributed by atoms with Crippen LogP contribution in [0.1, 0.15) is 0 Å². The zero-order valence-corrected chi connectivity index (χ0v) is 10.4. The highest BCUT2D eigenvalue weighted by Gasteiger charge is 2.04. The molecule has 0 radical (unpaired) electrons. The summed E-state index contributed by atoms with van der Waals surface area (Å²) in [5, 5.41) is 2.37. The van der Waals surface area contributed by atoms with E-state index in [9.17, 15) is 0 Å². The van der Waals surface area contributed by atoms with Crippen LogP contribution in [0.25, 0.3) is 22.0 Å². The SMILES string of the molecule is Cl.Nc1nccc(-c2cccc3ccccc23)n1. The zero-order valence-electron chi connectivity index (χ0n) is 9.58. The lowest BCUT2D eigenvalue weighted by molar-refractivity contribution is 1.19. The Labute approximate surface area is 111 Å². The molecule has 2 aromatic carbocycles. The largest absolute Gasteiger partial charge is 0.368 e. The summed E-state index contributed by atoms with van der Waals surface area (Å²) < 4.78 is 0. The van der Waals surface area contributed by atoms with Crippen molar-refractivity contribution in [1.29, 1.82) is 0 Å². The molecule has 3 nitrogen and oxygen atoms in total. The minimum atomic E-state index is 0. The maximum Gasteiger partial charge on any atom is 0.220 e. The molecule has 0 saturated heterocycles.